The second-order valence-electron chi connectivity index (χ2n) is 4.88. The molecule has 6 nitrogen and oxygen atoms in total. The summed E-state index contributed by atoms with van der Waals surface area (Å²) in [5.41, 5.74) is 3.56. The van der Waals surface area contributed by atoms with E-state index in [0.717, 1.165) is 22.1 Å². The average Bonchev–Trinajstić information content (AvgIpc) is 3.03. The monoisotopic (exact) mass is 284 g/mol. The number of carbonyl (C=O) groups is 1. The van der Waals surface area contributed by atoms with Crippen molar-refractivity contribution in [1.29, 1.82) is 0 Å². The molecule has 3 aromatic rings. The van der Waals surface area contributed by atoms with Crippen LogP contribution in [-0.2, 0) is 11.8 Å². The molecule has 0 aliphatic carbocycles. The Bertz CT molecular complexity index is 816. The number of pyridine rings is 1. The molecule has 0 aliphatic heterocycles. The van der Waals surface area contributed by atoms with Crippen molar-refractivity contribution in [3.05, 3.63) is 36.4 Å². The topological polar surface area (TPSA) is 61.9 Å². The number of aromatic nitrogens is 4. The first kappa shape index (κ1) is 13.4. The summed E-state index contributed by atoms with van der Waals surface area (Å²) in [6.07, 6.45) is 6.82. The van der Waals surface area contributed by atoms with Gasteiger partial charge in [-0.2, -0.15) is 5.10 Å². The van der Waals surface area contributed by atoms with Gasteiger partial charge in [-0.3, -0.25) is 4.68 Å². The number of carbonyl (C=O) groups excluding carboxylic acids is 1. The lowest BCUT2D eigenvalue weighted by Crippen LogP contribution is -2.12. The van der Waals surface area contributed by atoms with E-state index in [0.29, 0.717) is 12.3 Å². The van der Waals surface area contributed by atoms with Gasteiger partial charge < -0.3 is 4.74 Å². The quantitative estimate of drug-likeness (QED) is 0.726. The zero-order valence-electron chi connectivity index (χ0n) is 12.2. The van der Waals surface area contributed by atoms with Crippen LogP contribution in [0.2, 0.25) is 0 Å². The summed E-state index contributed by atoms with van der Waals surface area (Å²) in [6.45, 7) is 4.07. The number of fused-ring (bicyclic) bond motifs is 1. The third kappa shape index (κ3) is 2.29. The zero-order valence-corrected chi connectivity index (χ0v) is 12.2. The smallest absolute Gasteiger partial charge is 0.419 e. The van der Waals surface area contributed by atoms with Crippen LogP contribution in [0.5, 0.6) is 0 Å². The Morgan fingerprint density at radius 3 is 2.76 bits per heavy atom. The molecule has 3 heterocycles. The minimum Gasteiger partial charge on any atom is -0.449 e. The molecule has 108 valence electrons. The lowest BCUT2D eigenvalue weighted by molar-refractivity contribution is 0.155. The van der Waals surface area contributed by atoms with Crippen LogP contribution in [-0.4, -0.2) is 32.0 Å². The molecule has 0 bridgehead atoms. The molecule has 6 heteroatoms. The number of hydrogen-bond donors (Lipinski definition) is 0. The van der Waals surface area contributed by atoms with Crippen molar-refractivity contribution in [2.75, 3.05) is 6.61 Å². The highest BCUT2D eigenvalue weighted by Gasteiger charge is 2.14. The number of nitrogens with zero attached hydrogens (tertiary/aromatic N) is 4. The fourth-order valence-electron chi connectivity index (χ4n) is 2.32. The highest BCUT2D eigenvalue weighted by atomic mass is 16.5. The van der Waals surface area contributed by atoms with Crippen LogP contribution in [0.25, 0.3) is 22.2 Å². The van der Waals surface area contributed by atoms with E-state index in [1.54, 1.807) is 30.2 Å². The molecular formula is C15H16N4O2. The first-order chi connectivity index (χ1) is 10.1. The number of hydrogen-bond acceptors (Lipinski definition) is 4. The Morgan fingerprint density at radius 2 is 2.10 bits per heavy atom. The van der Waals surface area contributed by atoms with Crippen molar-refractivity contribution < 1.29 is 9.53 Å². The summed E-state index contributed by atoms with van der Waals surface area (Å²) in [7, 11) is 1.87. The molecule has 0 amide bonds. The molecule has 0 aliphatic rings. The minimum atomic E-state index is -0.405. The van der Waals surface area contributed by atoms with Crippen molar-refractivity contribution in [2.45, 2.75) is 13.8 Å². The van der Waals surface area contributed by atoms with Gasteiger partial charge in [0.1, 0.15) is 5.65 Å². The van der Waals surface area contributed by atoms with Crippen molar-refractivity contribution in [2.24, 2.45) is 7.05 Å². The Balaban J connectivity index is 2.11. The largest absolute Gasteiger partial charge is 0.449 e. The first-order valence-electron chi connectivity index (χ1n) is 6.74. The molecule has 0 fully saturated rings. The summed E-state index contributed by atoms with van der Waals surface area (Å²) < 4.78 is 8.23. The summed E-state index contributed by atoms with van der Waals surface area (Å²) in [4.78, 5) is 16.3. The molecular weight excluding hydrogens is 268 g/mol. The fourth-order valence-corrected chi connectivity index (χ4v) is 2.32. The highest BCUT2D eigenvalue weighted by molar-refractivity contribution is 5.91. The maximum absolute atomic E-state index is 11.9. The molecule has 0 spiro atoms. The second kappa shape index (κ2) is 5.05. The Kier molecular flexibility index (Phi) is 3.21. The molecule has 3 aromatic heterocycles. The van der Waals surface area contributed by atoms with Crippen molar-refractivity contribution >= 4 is 17.1 Å². The van der Waals surface area contributed by atoms with Gasteiger partial charge in [0.25, 0.3) is 0 Å². The Labute approximate surface area is 122 Å². The normalized spacial score (nSPS) is 11.0. The molecule has 3 rings (SSSR count). The van der Waals surface area contributed by atoms with E-state index in [4.69, 9.17) is 4.74 Å². The third-order valence-corrected chi connectivity index (χ3v) is 3.35. The number of aryl methyl sites for hydroxylation is 2. The molecule has 0 atom stereocenters. The van der Waals surface area contributed by atoms with Gasteiger partial charge in [-0.1, -0.05) is 0 Å². The molecule has 0 N–H and O–H groups in total. The van der Waals surface area contributed by atoms with Gasteiger partial charge in [0.05, 0.1) is 12.8 Å². The van der Waals surface area contributed by atoms with E-state index in [1.165, 1.54) is 4.57 Å². The van der Waals surface area contributed by atoms with Gasteiger partial charge in [-0.25, -0.2) is 14.3 Å². The fraction of sp³-hybridized carbons (Fsp3) is 0.267. The van der Waals surface area contributed by atoms with Crippen molar-refractivity contribution in [3.63, 3.8) is 0 Å². The molecule has 21 heavy (non-hydrogen) atoms. The lowest BCUT2D eigenvalue weighted by atomic mass is 10.1. The van der Waals surface area contributed by atoms with Gasteiger partial charge in [0.2, 0.25) is 0 Å². The summed E-state index contributed by atoms with van der Waals surface area (Å²) in [5.74, 6) is 0. The minimum absolute atomic E-state index is 0.339. The van der Waals surface area contributed by atoms with E-state index in [9.17, 15) is 4.79 Å². The zero-order chi connectivity index (χ0) is 15.0. The summed E-state index contributed by atoms with van der Waals surface area (Å²) in [6, 6.07) is 2.02. The van der Waals surface area contributed by atoms with Gasteiger partial charge in [0.15, 0.2) is 0 Å². The third-order valence-electron chi connectivity index (χ3n) is 3.35. The average molecular weight is 284 g/mol. The van der Waals surface area contributed by atoms with Crippen molar-refractivity contribution in [1.82, 2.24) is 19.3 Å². The first-order valence-corrected chi connectivity index (χ1v) is 6.74. The molecule has 0 unspecified atom stereocenters. The van der Waals surface area contributed by atoms with Crippen LogP contribution in [0.15, 0.2) is 30.9 Å². The van der Waals surface area contributed by atoms with Crippen molar-refractivity contribution in [3.8, 4) is 11.1 Å². The van der Waals surface area contributed by atoms with Crippen LogP contribution < -0.4 is 0 Å². The summed E-state index contributed by atoms with van der Waals surface area (Å²) >= 11 is 0. The van der Waals surface area contributed by atoms with Gasteiger partial charge in [-0.15, -0.1) is 0 Å². The second-order valence-corrected chi connectivity index (χ2v) is 4.88. The van der Waals surface area contributed by atoms with Crippen LogP contribution in [0.4, 0.5) is 4.79 Å². The molecule has 0 saturated heterocycles. The maximum atomic E-state index is 11.9. The van der Waals surface area contributed by atoms with E-state index in [2.05, 4.69) is 10.1 Å². The number of rotatable bonds is 2. The van der Waals surface area contributed by atoms with Crippen LogP contribution >= 0.6 is 0 Å². The predicted octanol–water partition coefficient (Wildman–Crippen LogP) is 2.75. The maximum Gasteiger partial charge on any atom is 0.419 e. The SMILES string of the molecule is CCOC(=O)n1cc(C)c2cc(-c3cnn(C)c3)cnc21. The molecule has 0 saturated carbocycles. The summed E-state index contributed by atoms with van der Waals surface area (Å²) in [5, 5.41) is 5.10. The van der Waals surface area contributed by atoms with Gasteiger partial charge >= 0.3 is 6.09 Å². The van der Waals surface area contributed by atoms with E-state index in [1.807, 2.05) is 26.2 Å². The molecule has 0 radical (unpaired) electrons. The Morgan fingerprint density at radius 1 is 1.29 bits per heavy atom. The lowest BCUT2D eigenvalue weighted by Gasteiger charge is -2.03. The van der Waals surface area contributed by atoms with Crippen LogP contribution in [0.1, 0.15) is 12.5 Å². The number of ether oxygens (including phenoxy) is 1. The highest BCUT2D eigenvalue weighted by Crippen LogP contribution is 2.25. The molecule has 0 aromatic carbocycles. The van der Waals surface area contributed by atoms with E-state index >= 15 is 0 Å². The van der Waals surface area contributed by atoms with E-state index in [-0.39, 0.29) is 0 Å². The van der Waals surface area contributed by atoms with Crippen LogP contribution in [0.3, 0.4) is 0 Å². The van der Waals surface area contributed by atoms with Gasteiger partial charge in [0, 0.05) is 42.2 Å². The predicted molar refractivity (Wildman–Crippen MR) is 79.1 cm³/mol. The van der Waals surface area contributed by atoms with Crippen LogP contribution in [0, 0.1) is 6.92 Å². The van der Waals surface area contributed by atoms with Gasteiger partial charge in [-0.05, 0) is 25.5 Å². The van der Waals surface area contributed by atoms with E-state index < -0.39 is 6.09 Å². The Hall–Kier alpha value is -2.63. The standard InChI is InChI=1S/C15H16N4O2/c1-4-21-15(20)19-8-10(2)13-5-11(6-16-14(13)19)12-7-17-18(3)9-12/h5-9H,4H2,1-3H3.